The van der Waals surface area contributed by atoms with Gasteiger partial charge in [-0.15, -0.1) is 20.3 Å². The lowest BCUT2D eigenvalue weighted by atomic mass is 9.81. The Morgan fingerprint density at radius 2 is 0.521 bits per heavy atom. The Morgan fingerprint density at radius 1 is 0.352 bits per heavy atom. The summed E-state index contributed by atoms with van der Waals surface area (Å²) >= 11 is 0. The Morgan fingerprint density at radius 3 is 0.718 bits per heavy atom. The van der Waals surface area contributed by atoms with Crippen LogP contribution in [0.25, 0.3) is 0 Å². The lowest BCUT2D eigenvalue weighted by Crippen LogP contribution is -2.62. The van der Waals surface area contributed by atoms with Gasteiger partial charge in [0.05, 0.1) is 77.0 Å². The number of ketones is 4. The predicted molar refractivity (Wildman–Crippen MR) is 258 cm³/mol. The SMILES string of the molecule is CC1(C)CC(=O)CC(C)(C)N1OC(=O)CN(CCN(CC(=O)O)CC(=O)ON1C(C)(C)CC(=O)CC1(C)C)CCN(CC(=O)ON1C(C)(C)CC(=O)CC1(C)C)CC(=O)ON1C(C)(C)CC(=O)CC1(C)C. The molecule has 4 aliphatic heterocycles. The zero-order valence-electron chi connectivity index (χ0n) is 45.4. The summed E-state index contributed by atoms with van der Waals surface area (Å²) in [7, 11) is 0. The van der Waals surface area contributed by atoms with E-state index in [0.29, 0.717) is 0 Å². The van der Waals surface area contributed by atoms with Gasteiger partial charge in [0.1, 0.15) is 23.1 Å². The van der Waals surface area contributed by atoms with E-state index in [-0.39, 0.29) is 107 Å². The molecule has 4 heterocycles. The summed E-state index contributed by atoms with van der Waals surface area (Å²) in [6, 6.07) is 0. The van der Waals surface area contributed by atoms with Crippen molar-refractivity contribution in [3.05, 3.63) is 0 Å². The quantitative estimate of drug-likeness (QED) is 0.183. The maximum absolute atomic E-state index is 14.1. The number of carbonyl (C=O) groups is 9. The van der Waals surface area contributed by atoms with E-state index in [1.54, 1.807) is 116 Å². The molecule has 402 valence electrons. The van der Waals surface area contributed by atoms with Crippen LogP contribution in [-0.4, -0.2) is 196 Å². The third kappa shape index (κ3) is 15.9. The second-order valence-corrected chi connectivity index (χ2v) is 25.2. The van der Waals surface area contributed by atoms with Crippen molar-refractivity contribution in [2.75, 3.05) is 58.9 Å². The molecule has 0 spiro atoms. The van der Waals surface area contributed by atoms with Crippen molar-refractivity contribution in [2.24, 2.45) is 0 Å². The fraction of sp³-hybridized carbons (Fsp3) is 0.820. The molecular formula is C50H83N7O14. The number of Topliss-reactive ketones (excluding diaryl/α,β-unsaturated/α-hetero) is 4. The fourth-order valence-electron chi connectivity index (χ4n) is 11.7. The summed E-state index contributed by atoms with van der Waals surface area (Å²) < 4.78 is 0. The first kappa shape index (κ1) is 59.3. The average Bonchev–Trinajstić information content (AvgIpc) is 3.13. The molecule has 0 aliphatic carbocycles. The van der Waals surface area contributed by atoms with Crippen molar-refractivity contribution in [1.82, 2.24) is 35.0 Å². The zero-order valence-corrected chi connectivity index (χ0v) is 45.4. The molecule has 0 amide bonds. The molecule has 0 aromatic heterocycles. The average molecular weight is 1010 g/mol. The van der Waals surface area contributed by atoms with Gasteiger partial charge in [-0.2, -0.15) is 0 Å². The Balaban J connectivity index is 1.64. The van der Waals surface area contributed by atoms with E-state index < -0.39 is 100 Å². The molecule has 21 heteroatoms. The van der Waals surface area contributed by atoms with Crippen LogP contribution in [0, 0.1) is 0 Å². The van der Waals surface area contributed by atoms with Crippen LogP contribution in [0.4, 0.5) is 0 Å². The molecule has 1 N–H and O–H groups in total. The number of carbonyl (C=O) groups excluding carboxylic acids is 8. The van der Waals surface area contributed by atoms with E-state index in [1.807, 2.05) is 0 Å². The summed E-state index contributed by atoms with van der Waals surface area (Å²) in [4.78, 5) is 147. The Bertz CT molecular complexity index is 1930. The van der Waals surface area contributed by atoms with Crippen molar-refractivity contribution in [3.63, 3.8) is 0 Å². The normalized spacial score (nSPS) is 23.9. The van der Waals surface area contributed by atoms with Gasteiger partial charge in [-0.05, 0) is 111 Å². The monoisotopic (exact) mass is 1010 g/mol. The smallest absolute Gasteiger partial charge is 0.339 e. The lowest BCUT2D eigenvalue weighted by molar-refractivity contribution is -0.264. The fourth-order valence-corrected chi connectivity index (χ4v) is 11.7. The largest absolute Gasteiger partial charge is 0.480 e. The number of nitrogens with zero attached hydrogens (tertiary/aromatic N) is 7. The third-order valence-electron chi connectivity index (χ3n) is 13.4. The minimum Gasteiger partial charge on any atom is -0.480 e. The summed E-state index contributed by atoms with van der Waals surface area (Å²) in [5.41, 5.74) is -6.78. The van der Waals surface area contributed by atoms with Gasteiger partial charge in [-0.25, -0.2) is 19.2 Å². The zero-order chi connectivity index (χ0) is 54.1. The van der Waals surface area contributed by atoms with Crippen LogP contribution in [0.1, 0.15) is 162 Å². The molecule has 21 nitrogen and oxygen atoms in total. The van der Waals surface area contributed by atoms with Gasteiger partial charge in [0, 0.05) is 77.5 Å². The van der Waals surface area contributed by atoms with Crippen LogP contribution in [0.3, 0.4) is 0 Å². The first-order valence-electron chi connectivity index (χ1n) is 24.7. The second-order valence-electron chi connectivity index (χ2n) is 25.2. The number of rotatable bonds is 20. The van der Waals surface area contributed by atoms with Gasteiger partial charge in [0.15, 0.2) is 0 Å². The van der Waals surface area contributed by atoms with Crippen LogP contribution in [0.2, 0.25) is 0 Å². The van der Waals surface area contributed by atoms with Gasteiger partial charge >= 0.3 is 29.8 Å². The second kappa shape index (κ2) is 21.7. The minimum absolute atomic E-state index is 0.0130. The van der Waals surface area contributed by atoms with Gasteiger partial charge in [-0.3, -0.25) is 38.7 Å². The highest BCUT2D eigenvalue weighted by Gasteiger charge is 2.51. The van der Waals surface area contributed by atoms with Gasteiger partial charge in [-0.1, -0.05) is 0 Å². The number of carboxylic acid groups (broad SMARTS) is 1. The van der Waals surface area contributed by atoms with Crippen molar-refractivity contribution in [3.8, 4) is 0 Å². The number of hydrogen-bond donors (Lipinski definition) is 1. The standard InChI is InChI=1S/C50H83N7O14/c1-43(2)21-34(58)22-44(3,4)54(43)68-39(64)30-51(17-19-52(29-38(62)63)31-40(65)69-55-45(5,6)23-35(59)24-46(55,7)8)18-20-53(32-41(66)70-56-47(9,10)25-36(60)26-48(56,11)12)33-42(67)71-57-49(13,14)27-37(61)28-50(57,15)16/h17-33H2,1-16H3,(H,62,63). The molecule has 0 bridgehead atoms. The maximum atomic E-state index is 14.1. The highest BCUT2D eigenvalue weighted by molar-refractivity contribution is 5.84. The van der Waals surface area contributed by atoms with Crippen LogP contribution in [0.5, 0.6) is 0 Å². The highest BCUT2D eigenvalue weighted by Crippen LogP contribution is 2.40. The number of hydrogen-bond acceptors (Lipinski definition) is 20. The summed E-state index contributed by atoms with van der Waals surface area (Å²) in [6.07, 6.45) is 1.14. The molecule has 0 aromatic rings. The molecule has 71 heavy (non-hydrogen) atoms. The first-order chi connectivity index (χ1) is 32.2. The molecular weight excluding hydrogens is 923 g/mol. The number of aliphatic carboxylic acids is 1. The summed E-state index contributed by atoms with van der Waals surface area (Å²) in [6.45, 7) is 26.3. The van der Waals surface area contributed by atoms with Crippen molar-refractivity contribution in [2.45, 2.75) is 206 Å². The molecule has 4 aliphatic rings. The molecule has 0 saturated carbocycles. The van der Waals surface area contributed by atoms with E-state index in [4.69, 9.17) is 19.4 Å². The Labute approximate surface area is 419 Å². The summed E-state index contributed by atoms with van der Waals surface area (Å²) in [5, 5.41) is 16.0. The minimum atomic E-state index is -1.23. The molecule has 4 fully saturated rings. The van der Waals surface area contributed by atoms with Crippen molar-refractivity contribution < 1.29 is 67.6 Å². The number of carboxylic acids is 1. The Hall–Kier alpha value is -4.25. The molecule has 0 radical (unpaired) electrons. The van der Waals surface area contributed by atoms with Gasteiger partial charge in [0.25, 0.3) is 0 Å². The molecule has 0 unspecified atom stereocenters. The number of hydroxylamine groups is 8. The van der Waals surface area contributed by atoms with Crippen molar-refractivity contribution in [1.29, 1.82) is 0 Å². The number of piperidine rings is 4. The van der Waals surface area contributed by atoms with Crippen LogP contribution >= 0.6 is 0 Å². The van der Waals surface area contributed by atoms with Crippen LogP contribution < -0.4 is 0 Å². The third-order valence-corrected chi connectivity index (χ3v) is 13.4. The molecule has 0 atom stereocenters. The topological polar surface area (TPSA) is 233 Å². The van der Waals surface area contributed by atoms with E-state index in [1.165, 1.54) is 30.1 Å². The predicted octanol–water partition coefficient (Wildman–Crippen LogP) is 3.70. The highest BCUT2D eigenvalue weighted by atomic mass is 16.7. The molecule has 4 rings (SSSR count). The lowest BCUT2D eigenvalue weighted by Gasteiger charge is -2.49. The maximum Gasteiger partial charge on any atom is 0.339 e. The molecule has 0 aromatic carbocycles. The Kier molecular flexibility index (Phi) is 18.1. The first-order valence-corrected chi connectivity index (χ1v) is 24.7. The van der Waals surface area contributed by atoms with Crippen LogP contribution in [0.15, 0.2) is 0 Å². The van der Waals surface area contributed by atoms with Crippen LogP contribution in [-0.2, 0) is 62.5 Å². The van der Waals surface area contributed by atoms with E-state index >= 15 is 0 Å². The van der Waals surface area contributed by atoms with Crippen molar-refractivity contribution >= 4 is 53.0 Å². The van der Waals surface area contributed by atoms with E-state index in [2.05, 4.69) is 0 Å². The van der Waals surface area contributed by atoms with Gasteiger partial charge in [0.2, 0.25) is 0 Å². The summed E-state index contributed by atoms with van der Waals surface area (Å²) in [5.74, 6) is -4.07. The van der Waals surface area contributed by atoms with E-state index in [9.17, 15) is 48.3 Å². The van der Waals surface area contributed by atoms with E-state index in [0.717, 1.165) is 0 Å². The molecule has 4 saturated heterocycles. The van der Waals surface area contributed by atoms with Gasteiger partial charge < -0.3 is 24.5 Å².